The van der Waals surface area contributed by atoms with E-state index in [-0.39, 0.29) is 23.7 Å². The van der Waals surface area contributed by atoms with E-state index < -0.39 is 12.0 Å². The summed E-state index contributed by atoms with van der Waals surface area (Å²) in [5.41, 5.74) is 2.62. The van der Waals surface area contributed by atoms with E-state index in [0.717, 1.165) is 12.8 Å². The fraction of sp³-hybridized carbons (Fsp3) is 0.529. The molecule has 4 atom stereocenters. The summed E-state index contributed by atoms with van der Waals surface area (Å²) in [6.45, 7) is 3.63. The number of carbonyl (C=O) groups is 2. The van der Waals surface area contributed by atoms with Crippen molar-refractivity contribution in [2.45, 2.75) is 38.6 Å². The molecule has 1 fully saturated rings. The Labute approximate surface area is 124 Å². The highest BCUT2D eigenvalue weighted by molar-refractivity contribution is 5.88. The van der Waals surface area contributed by atoms with Gasteiger partial charge in [0.2, 0.25) is 5.91 Å². The van der Waals surface area contributed by atoms with Crippen molar-refractivity contribution in [2.24, 2.45) is 17.8 Å². The number of nitrogens with one attached hydrogen (secondary N) is 1. The monoisotopic (exact) mass is 287 g/mol. The third kappa shape index (κ3) is 2.43. The Morgan fingerprint density at radius 1 is 1.29 bits per heavy atom. The van der Waals surface area contributed by atoms with Crippen LogP contribution in [-0.2, 0) is 16.0 Å². The number of amides is 1. The van der Waals surface area contributed by atoms with Crippen molar-refractivity contribution in [2.75, 3.05) is 0 Å². The number of carbonyl (C=O) groups excluding carboxylic acids is 1. The molecule has 0 bridgehead atoms. The van der Waals surface area contributed by atoms with E-state index in [2.05, 4.69) is 17.4 Å². The van der Waals surface area contributed by atoms with Crippen LogP contribution in [0.25, 0.3) is 0 Å². The van der Waals surface area contributed by atoms with E-state index in [9.17, 15) is 14.7 Å². The van der Waals surface area contributed by atoms with E-state index >= 15 is 0 Å². The zero-order valence-corrected chi connectivity index (χ0v) is 12.4. The van der Waals surface area contributed by atoms with Gasteiger partial charge in [0.1, 0.15) is 6.04 Å². The van der Waals surface area contributed by atoms with Gasteiger partial charge in [-0.3, -0.25) is 4.79 Å². The summed E-state index contributed by atoms with van der Waals surface area (Å²) in [4.78, 5) is 23.6. The van der Waals surface area contributed by atoms with Crippen molar-refractivity contribution in [3.05, 3.63) is 35.4 Å². The molecule has 1 saturated carbocycles. The van der Waals surface area contributed by atoms with Crippen LogP contribution >= 0.6 is 0 Å². The highest BCUT2D eigenvalue weighted by Gasteiger charge is 2.57. The number of hydrogen-bond donors (Lipinski definition) is 2. The lowest BCUT2D eigenvalue weighted by Crippen LogP contribution is -2.45. The lowest BCUT2D eigenvalue weighted by Gasteiger charge is -2.18. The quantitative estimate of drug-likeness (QED) is 0.892. The normalized spacial score (nSPS) is 27.5. The van der Waals surface area contributed by atoms with Crippen LogP contribution in [0.1, 0.15) is 37.3 Å². The molecular formula is C17H21NO3. The number of hydrogen-bond acceptors (Lipinski definition) is 2. The van der Waals surface area contributed by atoms with Gasteiger partial charge in [-0.25, -0.2) is 4.79 Å². The third-order valence-electron chi connectivity index (χ3n) is 4.86. The molecule has 0 spiro atoms. The van der Waals surface area contributed by atoms with Crippen LogP contribution in [-0.4, -0.2) is 23.0 Å². The van der Waals surface area contributed by atoms with Crippen molar-refractivity contribution in [1.29, 1.82) is 0 Å². The van der Waals surface area contributed by atoms with Crippen molar-refractivity contribution in [1.82, 2.24) is 5.32 Å². The van der Waals surface area contributed by atoms with Gasteiger partial charge in [0, 0.05) is 5.92 Å². The summed E-state index contributed by atoms with van der Waals surface area (Å²) in [5, 5.41) is 11.9. The molecule has 3 rings (SSSR count). The van der Waals surface area contributed by atoms with Crippen LogP contribution in [0.4, 0.5) is 0 Å². The Hall–Kier alpha value is -1.84. The number of carboxylic acid groups (broad SMARTS) is 1. The first-order chi connectivity index (χ1) is 10.0. The van der Waals surface area contributed by atoms with E-state index in [1.165, 1.54) is 11.1 Å². The zero-order valence-electron chi connectivity index (χ0n) is 12.4. The van der Waals surface area contributed by atoms with E-state index in [1.807, 2.05) is 26.0 Å². The number of benzene rings is 1. The Morgan fingerprint density at radius 2 is 2.00 bits per heavy atom. The van der Waals surface area contributed by atoms with Crippen molar-refractivity contribution >= 4 is 11.9 Å². The van der Waals surface area contributed by atoms with Gasteiger partial charge in [-0.2, -0.15) is 0 Å². The lowest BCUT2D eigenvalue weighted by atomic mass is 9.92. The topological polar surface area (TPSA) is 66.4 Å². The molecule has 21 heavy (non-hydrogen) atoms. The van der Waals surface area contributed by atoms with Gasteiger partial charge in [-0.1, -0.05) is 38.1 Å². The molecule has 4 heteroatoms. The molecule has 2 N–H and O–H groups in total. The molecule has 4 nitrogen and oxygen atoms in total. The average Bonchev–Trinajstić information content (AvgIpc) is 3.18. The van der Waals surface area contributed by atoms with Crippen LogP contribution in [0.3, 0.4) is 0 Å². The number of carboxylic acids is 1. The van der Waals surface area contributed by atoms with Gasteiger partial charge in [0.15, 0.2) is 0 Å². The molecule has 2 aliphatic rings. The number of rotatable bonds is 4. The highest BCUT2D eigenvalue weighted by atomic mass is 16.4. The Kier molecular flexibility index (Phi) is 3.47. The van der Waals surface area contributed by atoms with Gasteiger partial charge < -0.3 is 10.4 Å². The fourth-order valence-corrected chi connectivity index (χ4v) is 3.69. The lowest BCUT2D eigenvalue weighted by molar-refractivity contribution is -0.143. The summed E-state index contributed by atoms with van der Waals surface area (Å²) in [6, 6.07) is 7.50. The molecule has 1 aromatic rings. The molecular weight excluding hydrogens is 266 g/mol. The number of aliphatic carboxylic acids is 1. The largest absolute Gasteiger partial charge is 0.480 e. The van der Waals surface area contributed by atoms with Crippen molar-refractivity contribution in [3.8, 4) is 0 Å². The molecule has 1 amide bonds. The zero-order chi connectivity index (χ0) is 15.1. The van der Waals surface area contributed by atoms with Crippen LogP contribution in [0.5, 0.6) is 0 Å². The molecule has 0 radical (unpaired) electrons. The fourth-order valence-electron chi connectivity index (χ4n) is 3.69. The van der Waals surface area contributed by atoms with Gasteiger partial charge >= 0.3 is 5.97 Å². The summed E-state index contributed by atoms with van der Waals surface area (Å²) in [5.74, 6) is -0.531. The van der Waals surface area contributed by atoms with Crippen molar-refractivity contribution in [3.63, 3.8) is 0 Å². The van der Waals surface area contributed by atoms with Gasteiger partial charge in [-0.15, -0.1) is 0 Å². The van der Waals surface area contributed by atoms with Crippen LogP contribution in [0, 0.1) is 17.8 Å². The first-order valence-electron chi connectivity index (χ1n) is 7.61. The molecule has 112 valence electrons. The summed E-state index contributed by atoms with van der Waals surface area (Å²) >= 11 is 0. The average molecular weight is 287 g/mol. The highest BCUT2D eigenvalue weighted by Crippen LogP contribution is 2.59. The third-order valence-corrected chi connectivity index (χ3v) is 4.86. The van der Waals surface area contributed by atoms with Crippen LogP contribution < -0.4 is 5.32 Å². The van der Waals surface area contributed by atoms with Gasteiger partial charge in [0.25, 0.3) is 0 Å². The molecule has 3 unspecified atom stereocenters. The second-order valence-electron chi connectivity index (χ2n) is 6.52. The summed E-state index contributed by atoms with van der Waals surface area (Å²) < 4.78 is 0. The summed E-state index contributed by atoms with van der Waals surface area (Å²) in [7, 11) is 0. The van der Waals surface area contributed by atoms with Crippen LogP contribution in [0.15, 0.2) is 24.3 Å². The minimum atomic E-state index is -0.956. The van der Waals surface area contributed by atoms with Gasteiger partial charge in [-0.05, 0) is 41.7 Å². The van der Waals surface area contributed by atoms with Gasteiger partial charge in [0.05, 0.1) is 0 Å². The summed E-state index contributed by atoms with van der Waals surface area (Å²) in [6.07, 6.45) is 2.05. The molecule has 0 heterocycles. The van der Waals surface area contributed by atoms with Crippen molar-refractivity contribution < 1.29 is 14.7 Å². The second kappa shape index (κ2) is 5.17. The minimum absolute atomic E-state index is 0.0470. The predicted octanol–water partition coefficient (Wildman–Crippen LogP) is 2.19. The maximum absolute atomic E-state index is 12.4. The Morgan fingerprint density at radius 3 is 2.67 bits per heavy atom. The van der Waals surface area contributed by atoms with E-state index in [0.29, 0.717) is 5.92 Å². The Balaban J connectivity index is 1.73. The Bertz CT molecular complexity index is 581. The van der Waals surface area contributed by atoms with E-state index in [4.69, 9.17) is 0 Å². The first kappa shape index (κ1) is 14.1. The maximum atomic E-state index is 12.4. The molecule has 1 aromatic carbocycles. The van der Waals surface area contributed by atoms with E-state index in [1.54, 1.807) is 0 Å². The molecule has 0 saturated heterocycles. The minimum Gasteiger partial charge on any atom is -0.480 e. The number of fused-ring (bicyclic) bond motifs is 3. The standard InChI is InChI=1S/C17H21NO3/c1-9(2)15(17(20)21)18-16(19)14-12-8-7-10-5-3-4-6-11(10)13(12)14/h3-6,9,12-15H,7-8H2,1-2H3,(H,18,19)(H,20,21)/t12?,13?,14?,15-/m0/s1. The smallest absolute Gasteiger partial charge is 0.326 e. The molecule has 2 aliphatic carbocycles. The van der Waals surface area contributed by atoms with Crippen LogP contribution in [0.2, 0.25) is 0 Å². The number of aryl methyl sites for hydroxylation is 1. The SMILES string of the molecule is CC(C)[C@H](NC(=O)C1C2CCc3ccccc3C21)C(=O)O. The second-order valence-corrected chi connectivity index (χ2v) is 6.52. The molecule has 0 aromatic heterocycles. The first-order valence-corrected chi connectivity index (χ1v) is 7.61. The maximum Gasteiger partial charge on any atom is 0.326 e. The predicted molar refractivity (Wildman–Crippen MR) is 78.9 cm³/mol. The molecule has 0 aliphatic heterocycles.